The number of rotatable bonds is 6. The first-order valence-electron chi connectivity index (χ1n) is 5.24. The van der Waals surface area contributed by atoms with Gasteiger partial charge in [0.15, 0.2) is 0 Å². The molecule has 0 aromatic rings. The van der Waals surface area contributed by atoms with E-state index in [4.69, 9.17) is 5.73 Å². The first-order chi connectivity index (χ1) is 6.14. The van der Waals surface area contributed by atoms with Crippen LogP contribution in [0.2, 0.25) is 0 Å². The molecular formula is C11H22N2. The molecule has 0 aliphatic heterocycles. The molecule has 0 aromatic carbocycles. The minimum Gasteiger partial charge on any atom is -0.329 e. The van der Waals surface area contributed by atoms with E-state index in [9.17, 15) is 0 Å². The smallest absolute Gasteiger partial charge is 0.0332 e. The fourth-order valence-corrected chi connectivity index (χ4v) is 1.90. The van der Waals surface area contributed by atoms with Crippen LogP contribution in [0.4, 0.5) is 0 Å². The predicted molar refractivity (Wildman–Crippen MR) is 57.6 cm³/mol. The van der Waals surface area contributed by atoms with E-state index in [-0.39, 0.29) is 5.54 Å². The molecule has 13 heavy (non-hydrogen) atoms. The van der Waals surface area contributed by atoms with Gasteiger partial charge in [-0.15, -0.1) is 0 Å². The topological polar surface area (TPSA) is 38.0 Å². The van der Waals surface area contributed by atoms with Crippen LogP contribution in [-0.2, 0) is 0 Å². The summed E-state index contributed by atoms with van der Waals surface area (Å²) in [6.07, 6.45) is 3.81. The van der Waals surface area contributed by atoms with Gasteiger partial charge >= 0.3 is 0 Å². The summed E-state index contributed by atoms with van der Waals surface area (Å²) in [5, 5.41) is 3.57. The molecule has 1 aliphatic rings. The lowest BCUT2D eigenvalue weighted by Gasteiger charge is -2.33. The minimum atomic E-state index is 0.193. The third-order valence-electron chi connectivity index (χ3n) is 3.10. The van der Waals surface area contributed by atoms with E-state index in [2.05, 4.69) is 25.7 Å². The van der Waals surface area contributed by atoms with E-state index in [1.165, 1.54) is 18.4 Å². The maximum atomic E-state index is 5.85. The molecule has 0 spiro atoms. The molecule has 1 atom stereocenters. The Bertz CT molecular complexity index is 179. The van der Waals surface area contributed by atoms with Crippen molar-refractivity contribution in [2.24, 2.45) is 11.7 Å². The highest BCUT2D eigenvalue weighted by atomic mass is 15.0. The van der Waals surface area contributed by atoms with Gasteiger partial charge in [-0.3, -0.25) is 0 Å². The van der Waals surface area contributed by atoms with Crippen LogP contribution in [0.5, 0.6) is 0 Å². The van der Waals surface area contributed by atoms with E-state index in [1.807, 2.05) is 0 Å². The molecule has 1 saturated carbocycles. The van der Waals surface area contributed by atoms with Gasteiger partial charge in [0.2, 0.25) is 0 Å². The van der Waals surface area contributed by atoms with Crippen molar-refractivity contribution in [1.29, 1.82) is 0 Å². The molecule has 0 amide bonds. The van der Waals surface area contributed by atoms with Gasteiger partial charge in [-0.2, -0.15) is 0 Å². The van der Waals surface area contributed by atoms with Crippen LogP contribution >= 0.6 is 0 Å². The summed E-state index contributed by atoms with van der Waals surface area (Å²) in [5.74, 6) is 0.807. The first-order valence-corrected chi connectivity index (χ1v) is 5.24. The maximum Gasteiger partial charge on any atom is 0.0332 e. The third-order valence-corrected chi connectivity index (χ3v) is 3.10. The van der Waals surface area contributed by atoms with Crippen LogP contribution in [0.15, 0.2) is 12.2 Å². The molecule has 0 radical (unpaired) electrons. The van der Waals surface area contributed by atoms with Crippen molar-refractivity contribution in [3.05, 3.63) is 12.2 Å². The van der Waals surface area contributed by atoms with Gasteiger partial charge in [0, 0.05) is 18.6 Å². The molecule has 1 fully saturated rings. The van der Waals surface area contributed by atoms with Crippen molar-refractivity contribution in [1.82, 2.24) is 5.32 Å². The molecule has 2 heteroatoms. The Kier molecular flexibility index (Phi) is 3.51. The Morgan fingerprint density at radius 3 is 2.54 bits per heavy atom. The second-order valence-electron chi connectivity index (χ2n) is 4.30. The van der Waals surface area contributed by atoms with E-state index in [1.54, 1.807) is 0 Å². The zero-order valence-electron chi connectivity index (χ0n) is 8.90. The van der Waals surface area contributed by atoms with Crippen molar-refractivity contribution in [2.45, 2.75) is 38.6 Å². The summed E-state index contributed by atoms with van der Waals surface area (Å²) in [6.45, 7) is 9.83. The second kappa shape index (κ2) is 4.25. The minimum absolute atomic E-state index is 0.193. The van der Waals surface area contributed by atoms with Crippen LogP contribution < -0.4 is 11.1 Å². The van der Waals surface area contributed by atoms with Crippen molar-refractivity contribution in [3.8, 4) is 0 Å². The number of nitrogens with one attached hydrogen (secondary N) is 1. The van der Waals surface area contributed by atoms with Gasteiger partial charge < -0.3 is 11.1 Å². The third kappa shape index (κ3) is 2.55. The largest absolute Gasteiger partial charge is 0.329 e. The lowest BCUT2D eigenvalue weighted by molar-refractivity contribution is 0.288. The summed E-state index contributed by atoms with van der Waals surface area (Å²) in [7, 11) is 0. The molecule has 1 unspecified atom stereocenters. The van der Waals surface area contributed by atoms with Crippen molar-refractivity contribution >= 4 is 0 Å². The average molecular weight is 182 g/mol. The summed E-state index contributed by atoms with van der Waals surface area (Å²) >= 11 is 0. The Labute approximate surface area is 81.6 Å². The molecule has 76 valence electrons. The van der Waals surface area contributed by atoms with Gasteiger partial charge in [-0.1, -0.05) is 19.1 Å². The SMILES string of the molecule is C=C(C)CNC(CC)(CN)C1CC1. The molecule has 3 N–H and O–H groups in total. The Morgan fingerprint density at radius 1 is 1.62 bits per heavy atom. The number of hydrogen-bond donors (Lipinski definition) is 2. The summed E-state index contributed by atoms with van der Waals surface area (Å²) in [5.41, 5.74) is 7.23. The molecule has 2 nitrogen and oxygen atoms in total. The van der Waals surface area contributed by atoms with Crippen molar-refractivity contribution < 1.29 is 0 Å². The lowest BCUT2D eigenvalue weighted by Crippen LogP contribution is -2.53. The Balaban J connectivity index is 2.49. The van der Waals surface area contributed by atoms with Gasteiger partial charge in [0.05, 0.1) is 0 Å². The van der Waals surface area contributed by atoms with Gasteiger partial charge in [0.1, 0.15) is 0 Å². The van der Waals surface area contributed by atoms with Crippen LogP contribution in [0.1, 0.15) is 33.1 Å². The van der Waals surface area contributed by atoms with Crippen molar-refractivity contribution in [2.75, 3.05) is 13.1 Å². The lowest BCUT2D eigenvalue weighted by atomic mass is 9.90. The van der Waals surface area contributed by atoms with E-state index < -0.39 is 0 Å². The highest BCUT2D eigenvalue weighted by Crippen LogP contribution is 2.40. The van der Waals surface area contributed by atoms with E-state index in [0.29, 0.717) is 0 Å². The Morgan fingerprint density at radius 2 is 2.23 bits per heavy atom. The molecule has 1 aliphatic carbocycles. The normalized spacial score (nSPS) is 21.2. The molecule has 0 bridgehead atoms. The monoisotopic (exact) mass is 182 g/mol. The predicted octanol–water partition coefficient (Wildman–Crippen LogP) is 1.67. The van der Waals surface area contributed by atoms with Gasteiger partial charge in [-0.05, 0) is 32.1 Å². The van der Waals surface area contributed by atoms with Crippen LogP contribution in [0.25, 0.3) is 0 Å². The second-order valence-corrected chi connectivity index (χ2v) is 4.30. The maximum absolute atomic E-state index is 5.85. The standard InChI is InChI=1S/C11H22N2/c1-4-11(8-12,10-5-6-10)13-7-9(2)3/h10,13H,2,4-8,12H2,1,3H3. The molecule has 0 saturated heterocycles. The summed E-state index contributed by atoms with van der Waals surface area (Å²) in [4.78, 5) is 0. The van der Waals surface area contributed by atoms with E-state index in [0.717, 1.165) is 25.4 Å². The van der Waals surface area contributed by atoms with Crippen LogP contribution in [-0.4, -0.2) is 18.6 Å². The van der Waals surface area contributed by atoms with Crippen molar-refractivity contribution in [3.63, 3.8) is 0 Å². The first kappa shape index (κ1) is 10.7. The highest BCUT2D eigenvalue weighted by molar-refractivity contribution is 5.04. The quantitative estimate of drug-likeness (QED) is 0.613. The number of hydrogen-bond acceptors (Lipinski definition) is 2. The zero-order chi connectivity index (χ0) is 9.90. The summed E-state index contributed by atoms with van der Waals surface area (Å²) < 4.78 is 0. The summed E-state index contributed by atoms with van der Waals surface area (Å²) in [6, 6.07) is 0. The number of nitrogens with two attached hydrogens (primary N) is 1. The fourth-order valence-electron chi connectivity index (χ4n) is 1.90. The average Bonchev–Trinajstić information content (AvgIpc) is 2.91. The highest BCUT2D eigenvalue weighted by Gasteiger charge is 2.42. The van der Waals surface area contributed by atoms with E-state index >= 15 is 0 Å². The molecule has 1 rings (SSSR count). The van der Waals surface area contributed by atoms with Crippen LogP contribution in [0, 0.1) is 5.92 Å². The fraction of sp³-hybridized carbons (Fsp3) is 0.818. The zero-order valence-corrected chi connectivity index (χ0v) is 8.90. The van der Waals surface area contributed by atoms with Gasteiger partial charge in [0.25, 0.3) is 0 Å². The van der Waals surface area contributed by atoms with Crippen LogP contribution in [0.3, 0.4) is 0 Å². The Hall–Kier alpha value is -0.340. The van der Waals surface area contributed by atoms with Gasteiger partial charge in [-0.25, -0.2) is 0 Å². The molecule has 0 heterocycles. The molecular weight excluding hydrogens is 160 g/mol. The molecule has 0 aromatic heterocycles.